The molecule has 4 rings (SSSR count). The van der Waals surface area contributed by atoms with Crippen molar-refractivity contribution in [3.8, 4) is 0 Å². The average molecular weight is 359 g/mol. The first-order valence-corrected chi connectivity index (χ1v) is 8.55. The molecule has 3 aromatic rings. The Balaban J connectivity index is 1.60. The lowest BCUT2D eigenvalue weighted by atomic mass is 9.89. The summed E-state index contributed by atoms with van der Waals surface area (Å²) in [5.41, 5.74) is 6.32. The highest BCUT2D eigenvalue weighted by molar-refractivity contribution is 6.30. The molecule has 1 aliphatic rings. The smallest absolute Gasteiger partial charge is 0.147 e. The van der Waals surface area contributed by atoms with Gasteiger partial charge in [0.15, 0.2) is 0 Å². The lowest BCUT2D eigenvalue weighted by Crippen LogP contribution is -2.36. The van der Waals surface area contributed by atoms with Gasteiger partial charge in [-0.3, -0.25) is 0 Å². The highest BCUT2D eigenvalue weighted by Crippen LogP contribution is 2.40. The van der Waals surface area contributed by atoms with Gasteiger partial charge < -0.3 is 20.1 Å². The second-order valence-corrected chi connectivity index (χ2v) is 6.97. The van der Waals surface area contributed by atoms with Crippen LogP contribution in [0, 0.1) is 0 Å². The summed E-state index contributed by atoms with van der Waals surface area (Å²) in [5.74, 6) is 0.450. The number of rotatable bonds is 3. The van der Waals surface area contributed by atoms with E-state index in [1.54, 1.807) is 19.1 Å². The molecule has 6 nitrogen and oxygen atoms in total. The molecule has 0 unspecified atom stereocenters. The number of aliphatic hydroxyl groups is 1. The van der Waals surface area contributed by atoms with E-state index in [0.29, 0.717) is 10.8 Å². The molecule has 25 heavy (non-hydrogen) atoms. The SMILES string of the molecule is C[C@@](O)(c1ccc(Cl)cc1)[C@@H]1CC[C@H](n2ccc3c(N)ncnc32)O1. The molecule has 1 aliphatic heterocycles. The third-order valence-corrected chi connectivity index (χ3v) is 5.16. The minimum absolute atomic E-state index is 0.199. The molecule has 3 atom stereocenters. The highest BCUT2D eigenvalue weighted by atomic mass is 35.5. The fourth-order valence-electron chi connectivity index (χ4n) is 3.43. The van der Waals surface area contributed by atoms with Crippen LogP contribution in [0.2, 0.25) is 5.02 Å². The van der Waals surface area contributed by atoms with Gasteiger partial charge in [-0.2, -0.15) is 0 Å². The van der Waals surface area contributed by atoms with Crippen LogP contribution in [0.25, 0.3) is 11.0 Å². The summed E-state index contributed by atoms with van der Waals surface area (Å²) in [6.07, 6.45) is 4.35. The maximum Gasteiger partial charge on any atom is 0.147 e. The number of benzene rings is 1. The molecule has 0 bridgehead atoms. The monoisotopic (exact) mass is 358 g/mol. The minimum atomic E-state index is -1.10. The number of hydrogen-bond donors (Lipinski definition) is 2. The Hall–Kier alpha value is -2.15. The van der Waals surface area contributed by atoms with Crippen LogP contribution < -0.4 is 5.73 Å². The third kappa shape index (κ3) is 2.76. The van der Waals surface area contributed by atoms with Gasteiger partial charge in [0.05, 0.1) is 11.5 Å². The van der Waals surface area contributed by atoms with E-state index < -0.39 is 5.60 Å². The van der Waals surface area contributed by atoms with E-state index in [0.717, 1.165) is 29.4 Å². The third-order valence-electron chi connectivity index (χ3n) is 4.90. The summed E-state index contributed by atoms with van der Waals surface area (Å²) in [6, 6.07) is 9.10. The van der Waals surface area contributed by atoms with E-state index in [2.05, 4.69) is 9.97 Å². The predicted octanol–water partition coefficient (Wildman–Crippen LogP) is 3.25. The number of aromatic nitrogens is 3. The molecule has 130 valence electrons. The Labute approximate surface area is 150 Å². The molecule has 0 aliphatic carbocycles. The fraction of sp³-hybridized carbons (Fsp3) is 0.333. The summed E-state index contributed by atoms with van der Waals surface area (Å²) < 4.78 is 8.13. The maximum absolute atomic E-state index is 11.0. The lowest BCUT2D eigenvalue weighted by molar-refractivity contribution is -0.113. The molecule has 0 amide bonds. The molecule has 7 heteroatoms. The van der Waals surface area contributed by atoms with Crippen LogP contribution in [-0.4, -0.2) is 25.7 Å². The Morgan fingerprint density at radius 3 is 2.76 bits per heavy atom. The number of halogens is 1. The molecular weight excluding hydrogens is 340 g/mol. The number of nitrogen functional groups attached to an aromatic ring is 1. The van der Waals surface area contributed by atoms with Crippen molar-refractivity contribution in [2.45, 2.75) is 37.7 Å². The van der Waals surface area contributed by atoms with Gasteiger partial charge in [0.2, 0.25) is 0 Å². The van der Waals surface area contributed by atoms with Crippen molar-refractivity contribution in [3.05, 3.63) is 53.4 Å². The van der Waals surface area contributed by atoms with Crippen LogP contribution in [0.15, 0.2) is 42.9 Å². The predicted molar refractivity (Wildman–Crippen MR) is 96.1 cm³/mol. The van der Waals surface area contributed by atoms with Crippen molar-refractivity contribution < 1.29 is 9.84 Å². The number of anilines is 1. The Morgan fingerprint density at radius 1 is 1.24 bits per heavy atom. The van der Waals surface area contributed by atoms with Crippen LogP contribution >= 0.6 is 11.6 Å². The molecule has 0 saturated carbocycles. The maximum atomic E-state index is 11.0. The second kappa shape index (κ2) is 5.98. The standard InChI is InChI=1S/C18H19ClN4O2/c1-18(24,11-2-4-12(19)5-3-11)14-6-7-15(25-14)23-9-8-13-16(20)21-10-22-17(13)23/h2-5,8-10,14-15,24H,6-7H2,1H3,(H2,20,21,22)/t14-,15+,18+/m0/s1. The Morgan fingerprint density at radius 2 is 2.00 bits per heavy atom. The Bertz CT molecular complexity index is 907. The highest BCUT2D eigenvalue weighted by Gasteiger charge is 2.41. The summed E-state index contributed by atoms with van der Waals surface area (Å²) in [7, 11) is 0. The van der Waals surface area contributed by atoms with E-state index in [1.165, 1.54) is 6.33 Å². The van der Waals surface area contributed by atoms with Gasteiger partial charge in [-0.25, -0.2) is 9.97 Å². The summed E-state index contributed by atoms with van der Waals surface area (Å²) in [4.78, 5) is 8.33. The zero-order valence-corrected chi connectivity index (χ0v) is 14.5. The van der Waals surface area contributed by atoms with Gasteiger partial charge in [0.1, 0.15) is 29.6 Å². The first-order chi connectivity index (χ1) is 12.0. The molecule has 3 N–H and O–H groups in total. The summed E-state index contributed by atoms with van der Waals surface area (Å²) in [6.45, 7) is 1.78. The van der Waals surface area contributed by atoms with Crippen LogP contribution in [0.5, 0.6) is 0 Å². The fourth-order valence-corrected chi connectivity index (χ4v) is 3.56. The van der Waals surface area contributed by atoms with Crippen molar-refractivity contribution in [3.63, 3.8) is 0 Å². The van der Waals surface area contributed by atoms with E-state index in [4.69, 9.17) is 22.1 Å². The van der Waals surface area contributed by atoms with Gasteiger partial charge in [0.25, 0.3) is 0 Å². The molecule has 0 spiro atoms. The van der Waals surface area contributed by atoms with Crippen LogP contribution in [0.4, 0.5) is 5.82 Å². The van der Waals surface area contributed by atoms with Crippen LogP contribution in [0.3, 0.4) is 0 Å². The zero-order valence-electron chi connectivity index (χ0n) is 13.8. The van der Waals surface area contributed by atoms with Gasteiger partial charge in [0, 0.05) is 11.2 Å². The number of ether oxygens (including phenoxy) is 1. The van der Waals surface area contributed by atoms with E-state index in [9.17, 15) is 5.11 Å². The number of fused-ring (bicyclic) bond motifs is 1. The first kappa shape index (κ1) is 16.3. The van der Waals surface area contributed by atoms with Crippen LogP contribution in [0.1, 0.15) is 31.6 Å². The number of nitrogens with zero attached hydrogens (tertiary/aromatic N) is 3. The molecule has 1 aromatic carbocycles. The normalized spacial score (nSPS) is 23.0. The molecule has 3 heterocycles. The quantitative estimate of drug-likeness (QED) is 0.750. The topological polar surface area (TPSA) is 86.2 Å². The lowest BCUT2D eigenvalue weighted by Gasteiger charge is -2.30. The minimum Gasteiger partial charge on any atom is -0.383 e. The van der Waals surface area contributed by atoms with Crippen molar-refractivity contribution in [2.24, 2.45) is 0 Å². The van der Waals surface area contributed by atoms with Crippen molar-refractivity contribution in [2.75, 3.05) is 5.73 Å². The van der Waals surface area contributed by atoms with Crippen molar-refractivity contribution in [1.29, 1.82) is 0 Å². The molecule has 1 fully saturated rings. The summed E-state index contributed by atoms with van der Waals surface area (Å²) in [5, 5.41) is 12.5. The zero-order chi connectivity index (χ0) is 17.6. The van der Waals surface area contributed by atoms with E-state index in [1.807, 2.05) is 29.0 Å². The molecule has 2 aromatic heterocycles. The van der Waals surface area contributed by atoms with Crippen LogP contribution in [-0.2, 0) is 10.3 Å². The molecule has 1 saturated heterocycles. The van der Waals surface area contributed by atoms with Gasteiger partial charge in [-0.05, 0) is 43.5 Å². The Kier molecular flexibility index (Phi) is 3.91. The van der Waals surface area contributed by atoms with Crippen molar-refractivity contribution >= 4 is 28.5 Å². The molecule has 0 radical (unpaired) electrons. The first-order valence-electron chi connectivity index (χ1n) is 8.17. The van der Waals surface area contributed by atoms with Gasteiger partial charge in [-0.15, -0.1) is 0 Å². The van der Waals surface area contributed by atoms with Crippen molar-refractivity contribution in [1.82, 2.24) is 14.5 Å². The van der Waals surface area contributed by atoms with E-state index >= 15 is 0 Å². The van der Waals surface area contributed by atoms with Gasteiger partial charge >= 0.3 is 0 Å². The number of nitrogens with two attached hydrogens (primary N) is 1. The second-order valence-electron chi connectivity index (χ2n) is 6.53. The molecular formula is C18H19ClN4O2. The van der Waals surface area contributed by atoms with E-state index in [-0.39, 0.29) is 12.3 Å². The summed E-state index contributed by atoms with van der Waals surface area (Å²) >= 11 is 5.94. The number of hydrogen-bond acceptors (Lipinski definition) is 5. The average Bonchev–Trinajstić information content (AvgIpc) is 3.22. The van der Waals surface area contributed by atoms with Gasteiger partial charge in [-0.1, -0.05) is 23.7 Å². The largest absolute Gasteiger partial charge is 0.383 e.